The van der Waals surface area contributed by atoms with Crippen LogP contribution in [0.2, 0.25) is 0 Å². The molecule has 0 saturated carbocycles. The molecule has 13 nitrogen and oxygen atoms in total. The number of ether oxygens (including phenoxy) is 3. The smallest absolute Gasteiger partial charge is 0.269 e. The fraction of sp³-hybridized carbons (Fsp3) is 0.222. The van der Waals surface area contributed by atoms with E-state index in [0.29, 0.717) is 47.2 Å². The van der Waals surface area contributed by atoms with Gasteiger partial charge in [-0.3, -0.25) is 10.1 Å². The van der Waals surface area contributed by atoms with Gasteiger partial charge >= 0.3 is 0 Å². The second-order valence-electron chi connectivity index (χ2n) is 8.79. The van der Waals surface area contributed by atoms with Crippen molar-refractivity contribution in [3.8, 4) is 17.2 Å². The average molecular weight is 581 g/mol. The molecule has 3 aromatic rings. The summed E-state index contributed by atoms with van der Waals surface area (Å²) < 4.78 is 40.0. The molecule has 0 unspecified atom stereocenters. The van der Waals surface area contributed by atoms with Crippen LogP contribution in [0, 0.1) is 10.1 Å². The van der Waals surface area contributed by atoms with Crippen molar-refractivity contribution in [3.63, 3.8) is 0 Å². The number of methoxy groups -OCH3 is 2. The Bertz CT molecular complexity index is 1620. The molecule has 1 aliphatic rings. The van der Waals surface area contributed by atoms with E-state index in [1.54, 1.807) is 42.6 Å². The zero-order valence-corrected chi connectivity index (χ0v) is 23.1. The molecule has 4 N–H and O–H groups in total. The third-order valence-electron chi connectivity index (χ3n) is 6.24. The van der Waals surface area contributed by atoms with E-state index >= 15 is 0 Å². The lowest BCUT2D eigenvalue weighted by Gasteiger charge is -2.27. The number of nitrogens with two attached hydrogens (primary N) is 2. The zero-order valence-electron chi connectivity index (χ0n) is 22.3. The molecule has 4 rings (SSSR count). The maximum absolute atomic E-state index is 11.4. The van der Waals surface area contributed by atoms with Gasteiger partial charge < -0.3 is 30.6 Å². The zero-order chi connectivity index (χ0) is 29.5. The van der Waals surface area contributed by atoms with Crippen molar-refractivity contribution in [2.75, 3.05) is 43.7 Å². The summed E-state index contributed by atoms with van der Waals surface area (Å²) in [7, 11) is 0.711. The molecule has 0 saturated heterocycles. The van der Waals surface area contributed by atoms with Crippen LogP contribution in [-0.4, -0.2) is 55.5 Å². The van der Waals surface area contributed by atoms with Crippen LogP contribution >= 0.6 is 0 Å². The molecule has 1 aromatic heterocycles. The molecule has 0 radical (unpaired) electrons. The Morgan fingerprint density at radius 2 is 1.76 bits per heavy atom. The van der Waals surface area contributed by atoms with Crippen molar-refractivity contribution < 1.29 is 27.6 Å². The van der Waals surface area contributed by atoms with E-state index in [1.807, 2.05) is 4.90 Å². The van der Waals surface area contributed by atoms with Crippen molar-refractivity contribution in [1.29, 1.82) is 0 Å². The first-order valence-corrected chi connectivity index (χ1v) is 13.4. The molecular weight excluding hydrogens is 552 g/mol. The number of hydrogen-bond acceptors (Lipinski definition) is 12. The Morgan fingerprint density at radius 3 is 2.29 bits per heavy atom. The van der Waals surface area contributed by atoms with E-state index in [0.717, 1.165) is 5.56 Å². The van der Waals surface area contributed by atoms with Gasteiger partial charge in [-0.1, -0.05) is 6.08 Å². The number of nitro groups is 1. The largest absolute Gasteiger partial charge is 0.493 e. The minimum atomic E-state index is -2.32. The van der Waals surface area contributed by atoms with Gasteiger partial charge in [0.2, 0.25) is 22.0 Å². The SMILES string of the molecule is COc1cc(Cc2cnc(N)nc2N)cc(OC)c1OCCN(C1=CCC(=S(=O)=O)C=C1)c1ccc([N+](=O)[O-])cc1. The van der Waals surface area contributed by atoms with Crippen molar-refractivity contribution in [1.82, 2.24) is 9.97 Å². The van der Waals surface area contributed by atoms with Crippen LogP contribution < -0.4 is 30.6 Å². The number of allylic oxidation sites excluding steroid dienone is 3. The van der Waals surface area contributed by atoms with Crippen LogP contribution in [0.5, 0.6) is 17.2 Å². The first kappa shape index (κ1) is 28.9. The maximum Gasteiger partial charge on any atom is 0.269 e. The lowest BCUT2D eigenvalue weighted by molar-refractivity contribution is -0.384. The van der Waals surface area contributed by atoms with Crippen LogP contribution in [0.3, 0.4) is 0 Å². The summed E-state index contributed by atoms with van der Waals surface area (Å²) >= 11 is 0. The molecule has 0 spiro atoms. The molecule has 0 aliphatic heterocycles. The first-order chi connectivity index (χ1) is 19.7. The Kier molecular flexibility index (Phi) is 9.04. The fourth-order valence-corrected chi connectivity index (χ4v) is 4.61. The molecule has 41 heavy (non-hydrogen) atoms. The molecule has 14 heteroatoms. The van der Waals surface area contributed by atoms with Gasteiger partial charge in [-0.15, -0.1) is 0 Å². The quantitative estimate of drug-likeness (QED) is 0.192. The fourth-order valence-electron chi connectivity index (χ4n) is 4.21. The van der Waals surface area contributed by atoms with Gasteiger partial charge in [0.15, 0.2) is 11.5 Å². The van der Waals surface area contributed by atoms with E-state index in [1.165, 1.54) is 32.4 Å². The molecule has 0 fully saturated rings. The maximum atomic E-state index is 11.4. The third-order valence-corrected chi connectivity index (χ3v) is 6.97. The van der Waals surface area contributed by atoms with Gasteiger partial charge in [0.1, 0.15) is 12.4 Å². The Labute approximate surface area is 237 Å². The summed E-state index contributed by atoms with van der Waals surface area (Å²) in [6.07, 6.45) is 7.17. The number of rotatable bonds is 11. The second-order valence-corrected chi connectivity index (χ2v) is 9.78. The van der Waals surface area contributed by atoms with Crippen LogP contribution in [0.25, 0.3) is 0 Å². The third kappa shape index (κ3) is 6.91. The Morgan fingerprint density at radius 1 is 1.07 bits per heavy atom. The Balaban J connectivity index is 1.57. The van der Waals surface area contributed by atoms with Gasteiger partial charge in [0.05, 0.1) is 30.6 Å². The highest BCUT2D eigenvalue weighted by molar-refractivity contribution is 7.73. The predicted molar refractivity (Wildman–Crippen MR) is 155 cm³/mol. The number of non-ortho nitro benzene ring substituents is 1. The van der Waals surface area contributed by atoms with Gasteiger partial charge in [0.25, 0.3) is 5.69 Å². The average Bonchev–Trinajstić information content (AvgIpc) is 2.97. The lowest BCUT2D eigenvalue weighted by Crippen LogP contribution is -2.28. The first-order valence-electron chi connectivity index (χ1n) is 12.3. The number of anilines is 3. The molecule has 0 atom stereocenters. The lowest BCUT2D eigenvalue weighted by atomic mass is 10.1. The van der Waals surface area contributed by atoms with E-state index in [2.05, 4.69) is 9.97 Å². The highest BCUT2D eigenvalue weighted by Gasteiger charge is 2.19. The summed E-state index contributed by atoms with van der Waals surface area (Å²) in [6, 6.07) is 9.66. The van der Waals surface area contributed by atoms with Gasteiger partial charge in [-0.05, 0) is 42.0 Å². The highest BCUT2D eigenvalue weighted by atomic mass is 32.2. The van der Waals surface area contributed by atoms with Crippen molar-refractivity contribution in [3.05, 3.63) is 87.8 Å². The number of nitrogens with zero attached hydrogens (tertiary/aromatic N) is 4. The molecule has 1 heterocycles. The summed E-state index contributed by atoms with van der Waals surface area (Å²) in [5.41, 5.74) is 14.4. The van der Waals surface area contributed by atoms with Crippen LogP contribution in [0.1, 0.15) is 17.5 Å². The minimum Gasteiger partial charge on any atom is -0.493 e. The van der Waals surface area contributed by atoms with Crippen molar-refractivity contribution in [2.24, 2.45) is 0 Å². The molecule has 0 bridgehead atoms. The number of aromatic nitrogens is 2. The second kappa shape index (κ2) is 12.8. The van der Waals surface area contributed by atoms with E-state index in [4.69, 9.17) is 25.7 Å². The van der Waals surface area contributed by atoms with E-state index in [9.17, 15) is 18.5 Å². The van der Waals surface area contributed by atoms with Crippen molar-refractivity contribution >= 4 is 38.3 Å². The number of benzene rings is 2. The van der Waals surface area contributed by atoms with Gasteiger partial charge in [-0.2, -0.15) is 13.4 Å². The normalized spacial score (nSPS) is 12.4. The number of nitro benzene ring substituents is 1. The standard InChI is InChI=1S/C27H28N6O7S/c1-38-23-14-17(13-18-16-30-27(29)31-26(18)28)15-24(39-2)25(23)40-12-11-32(19-3-5-21(6-4-19)33(34)35)20-7-9-22(10-8-20)41(36)37/h3-9,14-16H,10-13H2,1-2H3,(H4,28,29,30,31). The molecule has 1 aliphatic carbocycles. The Hall–Kier alpha value is -5.11. The molecule has 0 amide bonds. The van der Waals surface area contributed by atoms with Crippen LogP contribution in [0.4, 0.5) is 23.1 Å². The summed E-state index contributed by atoms with van der Waals surface area (Å²) in [6.45, 7) is 0.480. The highest BCUT2D eigenvalue weighted by Crippen LogP contribution is 2.39. The summed E-state index contributed by atoms with van der Waals surface area (Å²) in [5, 5.41) is 11.1. The number of nitrogen functional groups attached to an aromatic ring is 2. The van der Waals surface area contributed by atoms with Crippen LogP contribution in [-0.2, 0) is 16.7 Å². The summed E-state index contributed by atoms with van der Waals surface area (Å²) in [5.74, 6) is 1.62. The van der Waals surface area contributed by atoms with Gasteiger partial charge in [0, 0.05) is 48.1 Å². The molecular formula is C27H28N6O7S. The van der Waals surface area contributed by atoms with Crippen molar-refractivity contribution in [2.45, 2.75) is 12.8 Å². The topological polar surface area (TPSA) is 186 Å². The molecule has 214 valence electrons. The predicted octanol–water partition coefficient (Wildman–Crippen LogP) is 2.94. The monoisotopic (exact) mass is 580 g/mol. The van der Waals surface area contributed by atoms with E-state index in [-0.39, 0.29) is 35.3 Å². The number of hydrogen-bond donors (Lipinski definition) is 2. The minimum absolute atomic E-state index is 0.0441. The van der Waals surface area contributed by atoms with E-state index < -0.39 is 15.2 Å². The van der Waals surface area contributed by atoms with Crippen LogP contribution in [0.15, 0.2) is 66.5 Å². The van der Waals surface area contributed by atoms with Gasteiger partial charge in [-0.25, -0.2) is 4.98 Å². The molecule has 2 aromatic carbocycles. The summed E-state index contributed by atoms with van der Waals surface area (Å²) in [4.78, 5) is 20.8.